The molecule has 0 amide bonds. The number of allylic oxidation sites excluding steroid dienone is 5. The summed E-state index contributed by atoms with van der Waals surface area (Å²) in [6, 6.07) is 12.3. The van der Waals surface area contributed by atoms with Crippen LogP contribution >= 0.6 is 11.7 Å². The fraction of sp³-hybridized carbons (Fsp3) is 0. The van der Waals surface area contributed by atoms with Gasteiger partial charge in [0, 0.05) is 5.69 Å². The molecule has 0 aliphatic rings. The van der Waals surface area contributed by atoms with E-state index in [0.717, 1.165) is 35.5 Å². The summed E-state index contributed by atoms with van der Waals surface area (Å²) < 4.78 is 50.6. The van der Waals surface area contributed by atoms with E-state index in [1.54, 1.807) is 42.5 Å². The summed E-state index contributed by atoms with van der Waals surface area (Å²) in [5.41, 5.74) is 3.06. The minimum absolute atomic E-state index is 0.0638. The number of hydrogen-bond acceptors (Lipinski definition) is 8. The second-order valence-corrected chi connectivity index (χ2v) is 8.86. The van der Waals surface area contributed by atoms with Crippen molar-refractivity contribution in [3.05, 3.63) is 90.7 Å². The third-order valence-electron chi connectivity index (χ3n) is 4.39. The largest absolute Gasteiger partial charge is 0.337 e. The van der Waals surface area contributed by atoms with Gasteiger partial charge in [0.15, 0.2) is 11.6 Å². The van der Waals surface area contributed by atoms with Gasteiger partial charge < -0.3 is 5.32 Å². The van der Waals surface area contributed by atoms with Gasteiger partial charge >= 0.3 is 0 Å². The lowest BCUT2D eigenvalue weighted by Gasteiger charge is -2.14. The van der Waals surface area contributed by atoms with E-state index in [2.05, 4.69) is 41.9 Å². The van der Waals surface area contributed by atoms with Crippen molar-refractivity contribution in [3.8, 4) is 0 Å². The SMILES string of the molecule is C=C/C=C(F)\C=C(/C=C)S(=O)(=O)Nc1nc2ccccc2nc1Nc1ccc2nsnc2c1. The van der Waals surface area contributed by atoms with Crippen LogP contribution in [0.5, 0.6) is 0 Å². The Bertz CT molecular complexity index is 1540. The average Bonchev–Trinajstić information content (AvgIpc) is 3.25. The second kappa shape index (κ2) is 9.27. The molecule has 0 unspecified atom stereocenters. The highest BCUT2D eigenvalue weighted by Gasteiger charge is 2.20. The number of anilines is 3. The Morgan fingerprint density at radius 3 is 2.36 bits per heavy atom. The summed E-state index contributed by atoms with van der Waals surface area (Å²) in [6.07, 6.45) is 4.11. The fourth-order valence-electron chi connectivity index (χ4n) is 2.88. The molecule has 0 fully saturated rings. The van der Waals surface area contributed by atoms with Crippen LogP contribution in [0.1, 0.15) is 0 Å². The quantitative estimate of drug-likeness (QED) is 0.332. The molecule has 4 rings (SSSR count). The van der Waals surface area contributed by atoms with E-state index < -0.39 is 15.9 Å². The van der Waals surface area contributed by atoms with Crippen LogP contribution in [0, 0.1) is 0 Å². The van der Waals surface area contributed by atoms with E-state index >= 15 is 0 Å². The number of para-hydroxylation sites is 2. The van der Waals surface area contributed by atoms with Gasteiger partial charge in [0.05, 0.1) is 27.7 Å². The fourth-order valence-corrected chi connectivity index (χ4v) is 4.40. The molecule has 0 saturated heterocycles. The Balaban J connectivity index is 1.77. The topological polar surface area (TPSA) is 110 Å². The Hall–Kier alpha value is -3.96. The normalized spacial score (nSPS) is 12.6. The molecule has 2 heterocycles. The Labute approximate surface area is 193 Å². The lowest BCUT2D eigenvalue weighted by atomic mass is 10.2. The number of halogens is 1. The van der Waals surface area contributed by atoms with Gasteiger partial charge in [0.25, 0.3) is 10.0 Å². The summed E-state index contributed by atoms with van der Waals surface area (Å²) >= 11 is 1.09. The summed E-state index contributed by atoms with van der Waals surface area (Å²) in [5.74, 6) is -0.699. The lowest BCUT2D eigenvalue weighted by molar-refractivity contribution is 0.606. The first kappa shape index (κ1) is 22.2. The van der Waals surface area contributed by atoms with Crippen LogP contribution in [-0.2, 0) is 10.0 Å². The highest BCUT2D eigenvalue weighted by atomic mass is 32.2. The number of hydrogen-bond donors (Lipinski definition) is 2. The highest BCUT2D eigenvalue weighted by Crippen LogP contribution is 2.28. The van der Waals surface area contributed by atoms with E-state index in [-0.39, 0.29) is 16.5 Å². The predicted octanol–water partition coefficient (Wildman–Crippen LogP) is 5.23. The highest BCUT2D eigenvalue weighted by molar-refractivity contribution is 7.96. The van der Waals surface area contributed by atoms with Crippen LogP contribution in [0.2, 0.25) is 0 Å². The third kappa shape index (κ3) is 4.94. The van der Waals surface area contributed by atoms with Gasteiger partial charge in [-0.25, -0.2) is 22.8 Å². The first-order chi connectivity index (χ1) is 15.9. The molecule has 0 saturated carbocycles. The molecule has 0 radical (unpaired) electrons. The smallest absolute Gasteiger partial charge is 0.263 e. The standard InChI is InChI=1S/C22H17FN6O2S2/c1-3-7-14(23)12-16(4-2)33(30,31)29-22-21(25-17-8-5-6-9-18(17)26-22)24-15-10-11-19-20(13-15)28-32-27-19/h3-13H,1-2H2,(H,24,25)(H,26,29)/b14-7+,16-12+. The van der Waals surface area contributed by atoms with Gasteiger partial charge in [-0.1, -0.05) is 31.4 Å². The molecule has 2 aromatic carbocycles. The zero-order chi connectivity index (χ0) is 23.4. The van der Waals surface area contributed by atoms with Crippen LogP contribution in [0.15, 0.2) is 90.7 Å². The number of fused-ring (bicyclic) bond motifs is 2. The number of aromatic nitrogens is 4. The van der Waals surface area contributed by atoms with E-state index in [0.29, 0.717) is 22.2 Å². The lowest BCUT2D eigenvalue weighted by Crippen LogP contribution is -2.17. The average molecular weight is 481 g/mol. The van der Waals surface area contributed by atoms with Crippen molar-refractivity contribution >= 4 is 61.1 Å². The monoisotopic (exact) mass is 480 g/mol. The maximum Gasteiger partial charge on any atom is 0.263 e. The molecule has 4 aromatic rings. The molecule has 8 nitrogen and oxygen atoms in total. The van der Waals surface area contributed by atoms with Crippen LogP contribution < -0.4 is 10.0 Å². The first-order valence-corrected chi connectivity index (χ1v) is 11.7. The maximum atomic E-state index is 13.9. The van der Waals surface area contributed by atoms with Crippen molar-refractivity contribution in [3.63, 3.8) is 0 Å². The number of nitrogens with zero attached hydrogens (tertiary/aromatic N) is 4. The van der Waals surface area contributed by atoms with E-state index in [4.69, 9.17) is 0 Å². The Morgan fingerprint density at radius 1 is 0.970 bits per heavy atom. The van der Waals surface area contributed by atoms with E-state index in [1.807, 2.05) is 0 Å². The van der Waals surface area contributed by atoms with Crippen molar-refractivity contribution in [2.24, 2.45) is 0 Å². The van der Waals surface area contributed by atoms with Gasteiger partial charge in [-0.05, 0) is 48.6 Å². The molecule has 0 atom stereocenters. The molecule has 2 aromatic heterocycles. The zero-order valence-corrected chi connectivity index (χ0v) is 18.7. The molecule has 0 spiro atoms. The summed E-state index contributed by atoms with van der Waals surface area (Å²) in [6.45, 7) is 6.86. The van der Waals surface area contributed by atoms with Crippen molar-refractivity contribution < 1.29 is 12.8 Å². The Morgan fingerprint density at radius 2 is 1.67 bits per heavy atom. The van der Waals surface area contributed by atoms with Gasteiger partial charge in [0.1, 0.15) is 16.9 Å². The van der Waals surface area contributed by atoms with Crippen LogP contribution in [-0.4, -0.2) is 27.1 Å². The van der Waals surface area contributed by atoms with Gasteiger partial charge in [-0.3, -0.25) is 4.72 Å². The molecule has 0 bridgehead atoms. The van der Waals surface area contributed by atoms with Crippen molar-refractivity contribution in [2.75, 3.05) is 10.0 Å². The van der Waals surface area contributed by atoms with Crippen molar-refractivity contribution in [1.29, 1.82) is 0 Å². The number of rotatable bonds is 8. The molecule has 166 valence electrons. The molecule has 0 aliphatic heterocycles. The van der Waals surface area contributed by atoms with Crippen LogP contribution in [0.25, 0.3) is 22.1 Å². The second-order valence-electron chi connectivity index (χ2n) is 6.65. The van der Waals surface area contributed by atoms with E-state index in [1.165, 1.54) is 6.08 Å². The minimum atomic E-state index is -4.23. The molecular weight excluding hydrogens is 463 g/mol. The molecule has 2 N–H and O–H groups in total. The van der Waals surface area contributed by atoms with Crippen LogP contribution in [0.3, 0.4) is 0 Å². The van der Waals surface area contributed by atoms with E-state index in [9.17, 15) is 12.8 Å². The molecule has 11 heteroatoms. The zero-order valence-electron chi connectivity index (χ0n) is 17.1. The first-order valence-electron chi connectivity index (χ1n) is 9.51. The minimum Gasteiger partial charge on any atom is -0.337 e. The predicted molar refractivity (Wildman–Crippen MR) is 130 cm³/mol. The third-order valence-corrected chi connectivity index (χ3v) is 6.31. The molecule has 33 heavy (non-hydrogen) atoms. The molecule has 0 aliphatic carbocycles. The maximum absolute atomic E-state index is 13.9. The summed E-state index contributed by atoms with van der Waals surface area (Å²) in [4.78, 5) is 8.55. The number of sulfonamides is 1. The van der Waals surface area contributed by atoms with Gasteiger partial charge in [-0.2, -0.15) is 8.75 Å². The number of benzene rings is 2. The van der Waals surface area contributed by atoms with Crippen LogP contribution in [0.4, 0.5) is 21.7 Å². The molecular formula is C22H17FN6O2S2. The number of nitrogens with one attached hydrogen (secondary N) is 2. The van der Waals surface area contributed by atoms with Crippen molar-refractivity contribution in [1.82, 2.24) is 18.7 Å². The summed E-state index contributed by atoms with van der Waals surface area (Å²) in [7, 11) is -4.23. The van der Waals surface area contributed by atoms with Gasteiger partial charge in [0.2, 0.25) is 0 Å². The van der Waals surface area contributed by atoms with Crippen molar-refractivity contribution in [2.45, 2.75) is 0 Å². The summed E-state index contributed by atoms with van der Waals surface area (Å²) in [5, 5.41) is 3.08. The van der Waals surface area contributed by atoms with Gasteiger partial charge in [-0.15, -0.1) is 0 Å². The Kier molecular flexibility index (Phi) is 6.24.